The molecule has 0 radical (unpaired) electrons. The zero-order valence-corrected chi connectivity index (χ0v) is 14.4. The standard InChI is InChI=1S/C19H24N2O3/c1-3-4-5-9-20-11-8-15-16(20)12-14(19(23)24-2)13-17(15)21-10-6-7-18(21)22/h8,11-13H,3-7,9-10H2,1-2H3. The number of hydrogen-bond acceptors (Lipinski definition) is 3. The highest BCUT2D eigenvalue weighted by Crippen LogP contribution is 2.33. The number of esters is 1. The van der Waals surface area contributed by atoms with Crippen LogP contribution in [0.15, 0.2) is 24.4 Å². The van der Waals surface area contributed by atoms with Crippen molar-refractivity contribution in [2.45, 2.75) is 45.6 Å². The van der Waals surface area contributed by atoms with Crippen molar-refractivity contribution >= 4 is 28.5 Å². The van der Waals surface area contributed by atoms with Crippen LogP contribution in [0.5, 0.6) is 0 Å². The molecule has 0 unspecified atom stereocenters. The van der Waals surface area contributed by atoms with E-state index in [1.54, 1.807) is 11.0 Å². The summed E-state index contributed by atoms with van der Waals surface area (Å²) in [6.45, 7) is 3.80. The number of hydrogen-bond donors (Lipinski definition) is 0. The van der Waals surface area contributed by atoms with Gasteiger partial charge in [0.25, 0.3) is 0 Å². The van der Waals surface area contributed by atoms with Crippen molar-refractivity contribution in [1.82, 2.24) is 4.57 Å². The Labute approximate surface area is 142 Å². The molecule has 1 fully saturated rings. The maximum absolute atomic E-state index is 12.2. The van der Waals surface area contributed by atoms with E-state index in [9.17, 15) is 9.59 Å². The summed E-state index contributed by atoms with van der Waals surface area (Å²) in [6, 6.07) is 5.70. The minimum absolute atomic E-state index is 0.122. The minimum Gasteiger partial charge on any atom is -0.465 e. The summed E-state index contributed by atoms with van der Waals surface area (Å²) in [5, 5.41) is 1.02. The Kier molecular flexibility index (Phi) is 4.88. The molecule has 0 aliphatic carbocycles. The fourth-order valence-electron chi connectivity index (χ4n) is 3.37. The van der Waals surface area contributed by atoms with Gasteiger partial charge in [0.05, 0.1) is 23.9 Å². The van der Waals surface area contributed by atoms with Gasteiger partial charge in [0.15, 0.2) is 0 Å². The van der Waals surface area contributed by atoms with Crippen LogP contribution in [-0.2, 0) is 16.1 Å². The summed E-state index contributed by atoms with van der Waals surface area (Å²) in [6.07, 6.45) is 6.92. The van der Waals surface area contributed by atoms with Crippen LogP contribution >= 0.6 is 0 Å². The highest BCUT2D eigenvalue weighted by atomic mass is 16.5. The first-order chi connectivity index (χ1) is 11.7. The molecule has 0 spiro atoms. The van der Waals surface area contributed by atoms with E-state index in [1.807, 2.05) is 18.3 Å². The third kappa shape index (κ3) is 3.03. The first kappa shape index (κ1) is 16.6. The monoisotopic (exact) mass is 328 g/mol. The Balaban J connectivity index is 2.08. The maximum atomic E-state index is 12.2. The molecule has 0 atom stereocenters. The van der Waals surface area contributed by atoms with E-state index in [-0.39, 0.29) is 11.9 Å². The van der Waals surface area contributed by atoms with Crippen molar-refractivity contribution in [1.29, 1.82) is 0 Å². The SMILES string of the molecule is CCCCCn1ccc2c(N3CCCC3=O)cc(C(=O)OC)cc21. The van der Waals surface area contributed by atoms with E-state index in [0.717, 1.165) is 36.0 Å². The number of nitrogens with zero attached hydrogens (tertiary/aromatic N) is 2. The van der Waals surface area contributed by atoms with Crippen LogP contribution < -0.4 is 4.90 Å². The fourth-order valence-corrected chi connectivity index (χ4v) is 3.37. The molecule has 0 N–H and O–H groups in total. The Bertz CT molecular complexity index is 763. The van der Waals surface area contributed by atoms with E-state index < -0.39 is 0 Å². The molecular formula is C19H24N2O3. The largest absolute Gasteiger partial charge is 0.465 e. The van der Waals surface area contributed by atoms with Crippen LogP contribution in [0.2, 0.25) is 0 Å². The van der Waals surface area contributed by atoms with Crippen LogP contribution in [-0.4, -0.2) is 30.1 Å². The second-order valence-electron chi connectivity index (χ2n) is 6.28. The first-order valence-electron chi connectivity index (χ1n) is 8.67. The summed E-state index contributed by atoms with van der Waals surface area (Å²) in [5.74, 6) is -0.247. The molecule has 1 aliphatic rings. The number of benzene rings is 1. The lowest BCUT2D eigenvalue weighted by molar-refractivity contribution is -0.117. The van der Waals surface area contributed by atoms with Crippen molar-refractivity contribution in [3.8, 4) is 0 Å². The molecule has 1 aromatic heterocycles. The van der Waals surface area contributed by atoms with E-state index in [0.29, 0.717) is 18.5 Å². The second kappa shape index (κ2) is 7.07. The molecule has 1 aliphatic heterocycles. The lowest BCUT2D eigenvalue weighted by Gasteiger charge is -2.18. The van der Waals surface area contributed by atoms with Gasteiger partial charge in [-0.1, -0.05) is 19.8 Å². The average Bonchev–Trinajstić information content (AvgIpc) is 3.20. The molecule has 2 aromatic rings. The molecule has 24 heavy (non-hydrogen) atoms. The topological polar surface area (TPSA) is 51.5 Å². The molecule has 128 valence electrons. The highest BCUT2D eigenvalue weighted by molar-refractivity contribution is 6.07. The zero-order valence-electron chi connectivity index (χ0n) is 14.4. The van der Waals surface area contributed by atoms with E-state index in [4.69, 9.17) is 4.74 Å². The zero-order chi connectivity index (χ0) is 17.1. The van der Waals surface area contributed by atoms with Crippen LogP contribution in [0.25, 0.3) is 10.9 Å². The van der Waals surface area contributed by atoms with Crippen molar-refractivity contribution in [3.63, 3.8) is 0 Å². The Morgan fingerprint density at radius 3 is 2.79 bits per heavy atom. The van der Waals surface area contributed by atoms with Gasteiger partial charge in [-0.25, -0.2) is 4.79 Å². The van der Waals surface area contributed by atoms with Crippen molar-refractivity contribution < 1.29 is 14.3 Å². The number of fused-ring (bicyclic) bond motifs is 1. The third-order valence-corrected chi connectivity index (χ3v) is 4.65. The predicted molar refractivity (Wildman–Crippen MR) is 94.4 cm³/mol. The quantitative estimate of drug-likeness (QED) is 0.599. The number of amides is 1. The van der Waals surface area contributed by atoms with Crippen LogP contribution in [0, 0.1) is 0 Å². The van der Waals surface area contributed by atoms with Crippen LogP contribution in [0.1, 0.15) is 49.4 Å². The summed E-state index contributed by atoms with van der Waals surface area (Å²) in [7, 11) is 1.38. The normalized spacial score (nSPS) is 14.6. The van der Waals surface area contributed by atoms with Gasteiger partial charge >= 0.3 is 5.97 Å². The van der Waals surface area contributed by atoms with Gasteiger partial charge in [-0.3, -0.25) is 4.79 Å². The van der Waals surface area contributed by atoms with E-state index >= 15 is 0 Å². The number of aromatic nitrogens is 1. The Hall–Kier alpha value is -2.30. The van der Waals surface area contributed by atoms with Crippen molar-refractivity contribution in [2.75, 3.05) is 18.6 Å². The highest BCUT2D eigenvalue weighted by Gasteiger charge is 2.25. The molecule has 1 saturated heterocycles. The number of unbranched alkanes of at least 4 members (excludes halogenated alkanes) is 2. The molecule has 0 bridgehead atoms. The average molecular weight is 328 g/mol. The van der Waals surface area contributed by atoms with E-state index in [2.05, 4.69) is 11.5 Å². The Morgan fingerprint density at radius 1 is 1.29 bits per heavy atom. The predicted octanol–water partition coefficient (Wildman–Crippen LogP) is 3.74. The molecule has 2 heterocycles. The van der Waals surface area contributed by atoms with Gasteiger partial charge in [0.2, 0.25) is 5.91 Å². The molecule has 5 nitrogen and oxygen atoms in total. The molecular weight excluding hydrogens is 304 g/mol. The number of carbonyl (C=O) groups excluding carboxylic acids is 2. The lowest BCUT2D eigenvalue weighted by atomic mass is 10.1. The van der Waals surface area contributed by atoms with Crippen molar-refractivity contribution in [2.24, 2.45) is 0 Å². The van der Waals surface area contributed by atoms with Gasteiger partial charge in [0, 0.05) is 31.1 Å². The first-order valence-corrected chi connectivity index (χ1v) is 8.67. The van der Waals surface area contributed by atoms with Gasteiger partial charge in [-0.2, -0.15) is 0 Å². The fraction of sp³-hybridized carbons (Fsp3) is 0.474. The number of anilines is 1. The summed E-state index contributed by atoms with van der Waals surface area (Å²) < 4.78 is 7.06. The number of ether oxygens (including phenoxy) is 1. The van der Waals surface area contributed by atoms with Gasteiger partial charge < -0.3 is 14.2 Å². The van der Waals surface area contributed by atoms with Gasteiger partial charge in [-0.15, -0.1) is 0 Å². The number of carbonyl (C=O) groups is 2. The molecule has 1 amide bonds. The summed E-state index contributed by atoms with van der Waals surface area (Å²) >= 11 is 0. The molecule has 0 saturated carbocycles. The molecule has 5 heteroatoms. The van der Waals surface area contributed by atoms with E-state index in [1.165, 1.54) is 20.0 Å². The lowest BCUT2D eigenvalue weighted by Crippen LogP contribution is -2.24. The summed E-state index contributed by atoms with van der Waals surface area (Å²) in [4.78, 5) is 26.1. The maximum Gasteiger partial charge on any atom is 0.337 e. The van der Waals surface area contributed by atoms with Crippen LogP contribution in [0.4, 0.5) is 5.69 Å². The smallest absolute Gasteiger partial charge is 0.337 e. The third-order valence-electron chi connectivity index (χ3n) is 4.65. The molecule has 1 aromatic carbocycles. The number of methoxy groups -OCH3 is 1. The molecule has 3 rings (SSSR count). The summed E-state index contributed by atoms with van der Waals surface area (Å²) in [5.41, 5.74) is 2.31. The van der Waals surface area contributed by atoms with Crippen LogP contribution in [0.3, 0.4) is 0 Å². The number of rotatable bonds is 6. The van der Waals surface area contributed by atoms with Gasteiger partial charge in [-0.05, 0) is 31.0 Å². The Morgan fingerprint density at radius 2 is 2.12 bits per heavy atom. The minimum atomic E-state index is -0.369. The second-order valence-corrected chi connectivity index (χ2v) is 6.28. The number of aryl methyl sites for hydroxylation is 1. The van der Waals surface area contributed by atoms with Gasteiger partial charge in [0.1, 0.15) is 0 Å². The van der Waals surface area contributed by atoms with Crippen molar-refractivity contribution in [3.05, 3.63) is 30.0 Å².